The normalized spacial score (nSPS) is 26.8. The Morgan fingerprint density at radius 3 is 2.57 bits per heavy atom. The van der Waals surface area contributed by atoms with Gasteiger partial charge in [0.2, 0.25) is 0 Å². The molecule has 0 radical (unpaired) electrons. The van der Waals surface area contributed by atoms with Crippen LogP contribution in [0, 0.1) is 11.8 Å². The van der Waals surface area contributed by atoms with Crippen molar-refractivity contribution in [2.45, 2.75) is 57.3 Å². The van der Waals surface area contributed by atoms with Crippen LogP contribution in [0.5, 0.6) is 0 Å². The highest BCUT2D eigenvalue weighted by Gasteiger charge is 2.34. The first kappa shape index (κ1) is 14.9. The lowest BCUT2D eigenvalue weighted by molar-refractivity contribution is -0.137. The molecule has 4 heteroatoms. The standard InChI is InChI=1S/C17H22F3N/c18-17(19,20)15-5-1-3-12(9-15)11-21-16-6-2-4-14(10-16)13-7-8-13/h1,3,5,9,13-14,16,21H,2,4,6-8,10-11H2. The van der Waals surface area contributed by atoms with E-state index >= 15 is 0 Å². The van der Waals surface area contributed by atoms with Crippen LogP contribution in [-0.4, -0.2) is 6.04 Å². The summed E-state index contributed by atoms with van der Waals surface area (Å²) in [6.07, 6.45) is 3.45. The zero-order chi connectivity index (χ0) is 14.9. The minimum Gasteiger partial charge on any atom is -0.310 e. The van der Waals surface area contributed by atoms with E-state index in [1.165, 1.54) is 44.2 Å². The number of halogens is 3. The maximum atomic E-state index is 12.7. The Morgan fingerprint density at radius 1 is 1.05 bits per heavy atom. The lowest BCUT2D eigenvalue weighted by atomic mass is 9.82. The Hall–Kier alpha value is -1.03. The van der Waals surface area contributed by atoms with Crippen LogP contribution in [-0.2, 0) is 12.7 Å². The Bertz CT molecular complexity index is 479. The van der Waals surface area contributed by atoms with E-state index in [-0.39, 0.29) is 0 Å². The van der Waals surface area contributed by atoms with Crippen LogP contribution in [0.15, 0.2) is 24.3 Å². The molecule has 0 aliphatic heterocycles. The molecule has 0 aromatic heterocycles. The van der Waals surface area contributed by atoms with E-state index in [1.807, 2.05) is 0 Å². The van der Waals surface area contributed by atoms with Crippen LogP contribution in [0.4, 0.5) is 13.2 Å². The van der Waals surface area contributed by atoms with Gasteiger partial charge >= 0.3 is 6.18 Å². The van der Waals surface area contributed by atoms with Crippen LogP contribution in [0.25, 0.3) is 0 Å². The van der Waals surface area contributed by atoms with E-state index in [0.29, 0.717) is 12.6 Å². The summed E-state index contributed by atoms with van der Waals surface area (Å²) in [5.41, 5.74) is 0.166. The van der Waals surface area contributed by atoms with E-state index in [9.17, 15) is 13.2 Å². The average Bonchev–Trinajstić information content (AvgIpc) is 3.30. The summed E-state index contributed by atoms with van der Waals surface area (Å²) in [5, 5.41) is 3.46. The molecular weight excluding hydrogens is 275 g/mol. The van der Waals surface area contributed by atoms with Crippen molar-refractivity contribution in [1.29, 1.82) is 0 Å². The summed E-state index contributed by atoms with van der Waals surface area (Å²) in [6, 6.07) is 6.12. The Kier molecular flexibility index (Phi) is 4.25. The number of benzene rings is 1. The molecule has 2 atom stereocenters. The summed E-state index contributed by atoms with van der Waals surface area (Å²) >= 11 is 0. The number of hydrogen-bond acceptors (Lipinski definition) is 1. The van der Waals surface area contributed by atoms with Crippen LogP contribution >= 0.6 is 0 Å². The van der Waals surface area contributed by atoms with Crippen molar-refractivity contribution < 1.29 is 13.2 Å². The molecule has 1 N–H and O–H groups in total. The predicted molar refractivity (Wildman–Crippen MR) is 76.8 cm³/mol. The summed E-state index contributed by atoms with van der Waals surface area (Å²) < 4.78 is 38.1. The SMILES string of the molecule is FC(F)(F)c1cccc(CNC2CCCC(C3CC3)C2)c1. The predicted octanol–water partition coefficient (Wildman–Crippen LogP) is 4.76. The van der Waals surface area contributed by atoms with Gasteiger partial charge in [0.25, 0.3) is 0 Å². The summed E-state index contributed by atoms with van der Waals surface area (Å²) in [5.74, 6) is 1.78. The largest absolute Gasteiger partial charge is 0.416 e. The van der Waals surface area contributed by atoms with E-state index < -0.39 is 11.7 Å². The lowest BCUT2D eigenvalue weighted by Gasteiger charge is -2.30. The molecule has 1 nitrogen and oxygen atoms in total. The quantitative estimate of drug-likeness (QED) is 0.844. The molecule has 21 heavy (non-hydrogen) atoms. The van der Waals surface area contributed by atoms with Crippen LogP contribution in [0.2, 0.25) is 0 Å². The number of hydrogen-bond donors (Lipinski definition) is 1. The van der Waals surface area contributed by atoms with Gasteiger partial charge in [0.05, 0.1) is 5.56 Å². The molecule has 2 aliphatic rings. The second-order valence-electron chi connectivity index (χ2n) is 6.54. The van der Waals surface area contributed by atoms with E-state index in [1.54, 1.807) is 6.07 Å². The minimum absolute atomic E-state index is 0.471. The summed E-state index contributed by atoms with van der Waals surface area (Å²) in [7, 11) is 0. The molecule has 116 valence electrons. The fourth-order valence-electron chi connectivity index (χ4n) is 3.53. The monoisotopic (exact) mass is 297 g/mol. The van der Waals surface area contributed by atoms with Gasteiger partial charge in [0.15, 0.2) is 0 Å². The number of alkyl halides is 3. The molecule has 0 amide bonds. The van der Waals surface area contributed by atoms with Gasteiger partial charge in [0, 0.05) is 12.6 Å². The molecule has 2 aliphatic carbocycles. The fraction of sp³-hybridized carbons (Fsp3) is 0.647. The zero-order valence-corrected chi connectivity index (χ0v) is 12.1. The molecule has 2 unspecified atom stereocenters. The van der Waals surface area contributed by atoms with Crippen molar-refractivity contribution in [2.75, 3.05) is 0 Å². The first-order chi connectivity index (χ1) is 10.0. The molecule has 2 fully saturated rings. The van der Waals surface area contributed by atoms with Gasteiger partial charge in [-0.1, -0.05) is 31.0 Å². The number of rotatable bonds is 4. The van der Waals surface area contributed by atoms with Crippen molar-refractivity contribution in [3.63, 3.8) is 0 Å². The molecule has 0 saturated heterocycles. The van der Waals surface area contributed by atoms with E-state index in [4.69, 9.17) is 0 Å². The van der Waals surface area contributed by atoms with Crippen molar-refractivity contribution in [3.8, 4) is 0 Å². The van der Waals surface area contributed by atoms with Crippen molar-refractivity contribution in [3.05, 3.63) is 35.4 Å². The van der Waals surface area contributed by atoms with Gasteiger partial charge in [-0.2, -0.15) is 13.2 Å². The molecule has 1 aromatic rings. The van der Waals surface area contributed by atoms with Gasteiger partial charge in [-0.3, -0.25) is 0 Å². The minimum atomic E-state index is -4.25. The van der Waals surface area contributed by atoms with E-state index in [0.717, 1.165) is 29.9 Å². The van der Waals surface area contributed by atoms with Gasteiger partial charge in [-0.25, -0.2) is 0 Å². The molecule has 1 aromatic carbocycles. The maximum Gasteiger partial charge on any atom is 0.416 e. The molecule has 0 spiro atoms. The third-order valence-electron chi connectivity index (χ3n) is 4.85. The highest BCUT2D eigenvalue weighted by molar-refractivity contribution is 5.25. The Morgan fingerprint density at radius 2 is 1.86 bits per heavy atom. The van der Waals surface area contributed by atoms with Gasteiger partial charge in [-0.05, 0) is 49.1 Å². The molecule has 0 bridgehead atoms. The van der Waals surface area contributed by atoms with Gasteiger partial charge in [0.1, 0.15) is 0 Å². The second kappa shape index (κ2) is 5.99. The summed E-state index contributed by atoms with van der Waals surface area (Å²) in [4.78, 5) is 0. The third-order valence-corrected chi connectivity index (χ3v) is 4.85. The molecule has 0 heterocycles. The number of nitrogens with one attached hydrogen (secondary N) is 1. The topological polar surface area (TPSA) is 12.0 Å². The Balaban J connectivity index is 1.54. The van der Waals surface area contributed by atoms with Crippen molar-refractivity contribution >= 4 is 0 Å². The van der Waals surface area contributed by atoms with Crippen LogP contribution in [0.3, 0.4) is 0 Å². The first-order valence-corrected chi connectivity index (χ1v) is 7.92. The van der Waals surface area contributed by atoms with Crippen molar-refractivity contribution in [1.82, 2.24) is 5.32 Å². The third kappa shape index (κ3) is 4.00. The summed E-state index contributed by atoms with van der Waals surface area (Å²) in [6.45, 7) is 0.534. The van der Waals surface area contributed by atoms with Crippen molar-refractivity contribution in [2.24, 2.45) is 11.8 Å². The van der Waals surface area contributed by atoms with Crippen LogP contribution < -0.4 is 5.32 Å². The van der Waals surface area contributed by atoms with E-state index in [2.05, 4.69) is 5.32 Å². The van der Waals surface area contributed by atoms with Gasteiger partial charge in [-0.15, -0.1) is 0 Å². The molecule has 3 rings (SSSR count). The molecule has 2 saturated carbocycles. The fourth-order valence-corrected chi connectivity index (χ4v) is 3.53. The lowest BCUT2D eigenvalue weighted by Crippen LogP contribution is -2.34. The maximum absolute atomic E-state index is 12.7. The highest BCUT2D eigenvalue weighted by atomic mass is 19.4. The first-order valence-electron chi connectivity index (χ1n) is 7.92. The highest BCUT2D eigenvalue weighted by Crippen LogP contribution is 2.43. The van der Waals surface area contributed by atoms with Gasteiger partial charge < -0.3 is 5.32 Å². The smallest absolute Gasteiger partial charge is 0.310 e. The zero-order valence-electron chi connectivity index (χ0n) is 12.1. The van der Waals surface area contributed by atoms with Crippen LogP contribution in [0.1, 0.15) is 49.7 Å². The molecular formula is C17H22F3N. The average molecular weight is 297 g/mol. The Labute approximate surface area is 123 Å². The second-order valence-corrected chi connectivity index (χ2v) is 6.54.